The first kappa shape index (κ1) is 13.8. The Balaban J connectivity index is 1.91. The Morgan fingerprint density at radius 1 is 1.10 bits per heavy atom. The monoisotopic (exact) mass is 281 g/mol. The first-order valence-corrected chi connectivity index (χ1v) is 7.53. The zero-order valence-electron chi connectivity index (χ0n) is 12.0. The average molecular weight is 281 g/mol. The fourth-order valence-electron chi connectivity index (χ4n) is 3.28. The normalized spacial score (nSPS) is 19.8. The van der Waals surface area contributed by atoms with Crippen LogP contribution >= 0.6 is 0 Å². The Morgan fingerprint density at radius 3 is 2.52 bits per heavy atom. The lowest BCUT2D eigenvalue weighted by atomic mass is 9.94. The van der Waals surface area contributed by atoms with Crippen LogP contribution in [0.4, 0.5) is 0 Å². The van der Waals surface area contributed by atoms with Gasteiger partial charge in [0.15, 0.2) is 0 Å². The van der Waals surface area contributed by atoms with Gasteiger partial charge in [0.2, 0.25) is 0 Å². The van der Waals surface area contributed by atoms with E-state index in [9.17, 15) is 9.59 Å². The van der Waals surface area contributed by atoms with Crippen LogP contribution in [-0.4, -0.2) is 22.8 Å². The van der Waals surface area contributed by atoms with Gasteiger partial charge in [0.1, 0.15) is 0 Å². The van der Waals surface area contributed by atoms with Gasteiger partial charge in [0.05, 0.1) is 5.57 Å². The van der Waals surface area contributed by atoms with Crippen LogP contribution in [0.1, 0.15) is 43.2 Å². The number of carbonyl (C=O) groups excluding carboxylic acids is 2. The molecule has 1 aliphatic heterocycles. The van der Waals surface area contributed by atoms with E-state index in [2.05, 4.69) is 6.58 Å². The zero-order chi connectivity index (χ0) is 14.8. The van der Waals surface area contributed by atoms with Crippen molar-refractivity contribution < 1.29 is 9.59 Å². The summed E-state index contributed by atoms with van der Waals surface area (Å²) in [7, 11) is 0. The third kappa shape index (κ3) is 2.44. The second kappa shape index (κ2) is 5.68. The molecule has 1 aromatic carbocycles. The van der Waals surface area contributed by atoms with Crippen LogP contribution < -0.4 is 0 Å². The van der Waals surface area contributed by atoms with Gasteiger partial charge in [-0.1, -0.05) is 56.2 Å². The maximum atomic E-state index is 12.7. The molecule has 3 nitrogen and oxygen atoms in total. The van der Waals surface area contributed by atoms with E-state index in [0.717, 1.165) is 36.8 Å². The van der Waals surface area contributed by atoms with Gasteiger partial charge in [-0.3, -0.25) is 14.5 Å². The van der Waals surface area contributed by atoms with E-state index >= 15 is 0 Å². The molecule has 3 rings (SSSR count). The molecule has 0 radical (unpaired) electrons. The second-order valence-corrected chi connectivity index (χ2v) is 5.65. The summed E-state index contributed by atoms with van der Waals surface area (Å²) in [6.07, 6.45) is 8.47. The summed E-state index contributed by atoms with van der Waals surface area (Å²) in [5.41, 5.74) is 2.18. The third-order valence-corrected chi connectivity index (χ3v) is 4.37. The Bertz CT molecular complexity index is 624. The summed E-state index contributed by atoms with van der Waals surface area (Å²) in [5, 5.41) is 0. The third-order valence-electron chi connectivity index (χ3n) is 4.37. The fourth-order valence-corrected chi connectivity index (χ4v) is 3.28. The van der Waals surface area contributed by atoms with Crippen LogP contribution in [0.25, 0.3) is 11.6 Å². The summed E-state index contributed by atoms with van der Waals surface area (Å²) >= 11 is 0. The number of nitrogens with zero attached hydrogens (tertiary/aromatic N) is 1. The van der Waals surface area contributed by atoms with Gasteiger partial charge in [-0.2, -0.15) is 0 Å². The molecule has 3 heteroatoms. The molecule has 108 valence electrons. The van der Waals surface area contributed by atoms with Crippen molar-refractivity contribution in [2.75, 3.05) is 0 Å². The summed E-state index contributed by atoms with van der Waals surface area (Å²) < 4.78 is 0. The molecule has 0 aromatic heterocycles. The topological polar surface area (TPSA) is 37.4 Å². The van der Waals surface area contributed by atoms with Crippen LogP contribution in [0.5, 0.6) is 0 Å². The Labute approximate surface area is 125 Å². The van der Waals surface area contributed by atoms with Crippen molar-refractivity contribution in [1.29, 1.82) is 0 Å². The Hall–Kier alpha value is -2.16. The van der Waals surface area contributed by atoms with Gasteiger partial charge in [0.25, 0.3) is 11.8 Å². The second-order valence-electron chi connectivity index (χ2n) is 5.65. The molecule has 0 bridgehead atoms. The van der Waals surface area contributed by atoms with Crippen LogP contribution in [0.3, 0.4) is 0 Å². The molecule has 0 atom stereocenters. The highest BCUT2D eigenvalue weighted by Gasteiger charge is 2.37. The van der Waals surface area contributed by atoms with Crippen molar-refractivity contribution in [3.8, 4) is 0 Å². The first-order valence-electron chi connectivity index (χ1n) is 7.53. The van der Waals surface area contributed by atoms with Gasteiger partial charge in [-0.15, -0.1) is 0 Å². The number of imide groups is 1. The highest BCUT2D eigenvalue weighted by atomic mass is 16.2. The molecule has 1 heterocycles. The van der Waals surface area contributed by atoms with Gasteiger partial charge < -0.3 is 0 Å². The highest BCUT2D eigenvalue weighted by Crippen LogP contribution is 2.32. The largest absolute Gasteiger partial charge is 0.272 e. The molecule has 1 aromatic rings. The van der Waals surface area contributed by atoms with Crippen LogP contribution in [0.15, 0.2) is 36.9 Å². The summed E-state index contributed by atoms with van der Waals surface area (Å²) in [6, 6.07) is 7.64. The molecular weight excluding hydrogens is 262 g/mol. The van der Waals surface area contributed by atoms with Gasteiger partial charge in [0, 0.05) is 12.1 Å². The highest BCUT2D eigenvalue weighted by molar-refractivity contribution is 6.34. The maximum Gasteiger partial charge on any atom is 0.261 e. The van der Waals surface area contributed by atoms with Crippen molar-refractivity contribution in [2.24, 2.45) is 0 Å². The number of rotatable bonds is 3. The van der Waals surface area contributed by atoms with Crippen molar-refractivity contribution >= 4 is 23.5 Å². The molecule has 2 aliphatic rings. The molecule has 1 aliphatic carbocycles. The van der Waals surface area contributed by atoms with E-state index in [1.54, 1.807) is 6.08 Å². The predicted octanol–water partition coefficient (Wildman–Crippen LogP) is 3.41. The minimum absolute atomic E-state index is 0.0726. The van der Waals surface area contributed by atoms with Crippen molar-refractivity contribution in [3.05, 3.63) is 48.0 Å². The van der Waals surface area contributed by atoms with E-state index in [4.69, 9.17) is 0 Å². The van der Waals surface area contributed by atoms with E-state index < -0.39 is 0 Å². The smallest absolute Gasteiger partial charge is 0.261 e. The van der Waals surface area contributed by atoms with Gasteiger partial charge in [-0.05, 0) is 24.0 Å². The Kier molecular flexibility index (Phi) is 3.74. The van der Waals surface area contributed by atoms with E-state index in [0.29, 0.717) is 5.57 Å². The summed E-state index contributed by atoms with van der Waals surface area (Å²) in [6.45, 7) is 3.78. The molecule has 0 saturated heterocycles. The summed E-state index contributed by atoms with van der Waals surface area (Å²) in [4.78, 5) is 26.4. The van der Waals surface area contributed by atoms with E-state index in [-0.39, 0.29) is 17.9 Å². The van der Waals surface area contributed by atoms with Crippen molar-refractivity contribution in [2.45, 2.75) is 38.1 Å². The molecule has 21 heavy (non-hydrogen) atoms. The number of carbonyl (C=O) groups is 2. The lowest BCUT2D eigenvalue weighted by Gasteiger charge is -2.29. The van der Waals surface area contributed by atoms with Crippen LogP contribution in [0.2, 0.25) is 0 Å². The first-order chi connectivity index (χ1) is 10.2. The maximum absolute atomic E-state index is 12.7. The van der Waals surface area contributed by atoms with Crippen molar-refractivity contribution in [3.63, 3.8) is 0 Å². The number of hydrogen-bond acceptors (Lipinski definition) is 2. The zero-order valence-corrected chi connectivity index (χ0v) is 12.0. The molecule has 0 spiro atoms. The van der Waals surface area contributed by atoms with Crippen molar-refractivity contribution in [1.82, 2.24) is 4.90 Å². The standard InChI is InChI=1S/C18H19NO2/c1-2-13-8-6-7-11-15(13)16-12-17(20)19(18(16)21)14-9-4-3-5-10-14/h2,6-8,11-12,14H,1,3-5,9-10H2. The lowest BCUT2D eigenvalue weighted by Crippen LogP contribution is -2.41. The minimum atomic E-state index is -0.166. The molecule has 1 fully saturated rings. The average Bonchev–Trinajstić information content (AvgIpc) is 2.83. The SMILES string of the molecule is C=Cc1ccccc1C1=CC(=O)N(C2CCCCC2)C1=O. The lowest BCUT2D eigenvalue weighted by molar-refractivity contribution is -0.139. The quantitative estimate of drug-likeness (QED) is 0.796. The predicted molar refractivity (Wildman–Crippen MR) is 83.2 cm³/mol. The molecular formula is C18H19NO2. The van der Waals surface area contributed by atoms with E-state index in [1.807, 2.05) is 24.3 Å². The summed E-state index contributed by atoms with van der Waals surface area (Å²) in [5.74, 6) is -0.318. The molecule has 1 saturated carbocycles. The number of amides is 2. The molecule has 0 N–H and O–H groups in total. The number of benzene rings is 1. The minimum Gasteiger partial charge on any atom is -0.272 e. The molecule has 0 unspecified atom stereocenters. The van der Waals surface area contributed by atoms with Gasteiger partial charge in [-0.25, -0.2) is 0 Å². The van der Waals surface area contributed by atoms with Gasteiger partial charge >= 0.3 is 0 Å². The fraction of sp³-hybridized carbons (Fsp3) is 0.333. The Morgan fingerprint density at radius 2 is 1.81 bits per heavy atom. The van der Waals surface area contributed by atoms with E-state index in [1.165, 1.54) is 17.4 Å². The number of hydrogen-bond donors (Lipinski definition) is 0. The van der Waals surface area contributed by atoms with Crippen LogP contribution in [-0.2, 0) is 9.59 Å². The van der Waals surface area contributed by atoms with Crippen LogP contribution in [0, 0.1) is 0 Å². The molecule has 2 amide bonds.